The molecule has 23 heavy (non-hydrogen) atoms. The van der Waals surface area contributed by atoms with Crippen LogP contribution < -0.4 is 10.0 Å². The van der Waals surface area contributed by atoms with Gasteiger partial charge in [0.05, 0.1) is 4.90 Å². The summed E-state index contributed by atoms with van der Waals surface area (Å²) in [6, 6.07) is 6.20. The average molecular weight is 337 g/mol. The van der Waals surface area contributed by atoms with Crippen molar-refractivity contribution in [1.82, 2.24) is 14.9 Å². The van der Waals surface area contributed by atoms with Gasteiger partial charge < -0.3 is 10.2 Å². The number of nitrogens with one attached hydrogen (secondary N) is 2. The number of rotatable bonds is 6. The monoisotopic (exact) mass is 337 g/mol. The minimum absolute atomic E-state index is 0.0791. The molecule has 7 heteroatoms. The van der Waals surface area contributed by atoms with Gasteiger partial charge in [-0.25, -0.2) is 13.1 Å². The second kappa shape index (κ2) is 7.72. The van der Waals surface area contributed by atoms with Gasteiger partial charge in [-0.15, -0.1) is 6.58 Å². The van der Waals surface area contributed by atoms with Crippen molar-refractivity contribution in [1.29, 1.82) is 0 Å². The molecular weight excluding hydrogens is 314 g/mol. The van der Waals surface area contributed by atoms with Crippen LogP contribution in [0, 0.1) is 0 Å². The minimum Gasteiger partial charge on any atom is -0.349 e. The summed E-state index contributed by atoms with van der Waals surface area (Å²) in [6.07, 6.45) is 3.27. The zero-order chi connectivity index (χ0) is 16.9. The van der Waals surface area contributed by atoms with E-state index >= 15 is 0 Å². The van der Waals surface area contributed by atoms with E-state index in [1.165, 1.54) is 18.2 Å². The maximum atomic E-state index is 12.3. The third-order valence-electron chi connectivity index (χ3n) is 3.88. The van der Waals surface area contributed by atoms with Crippen LogP contribution in [0.3, 0.4) is 0 Å². The van der Waals surface area contributed by atoms with Gasteiger partial charge in [-0.1, -0.05) is 12.1 Å². The van der Waals surface area contributed by atoms with Crippen molar-refractivity contribution < 1.29 is 13.2 Å². The molecule has 1 heterocycles. The first-order chi connectivity index (χ1) is 10.9. The van der Waals surface area contributed by atoms with Gasteiger partial charge >= 0.3 is 0 Å². The van der Waals surface area contributed by atoms with E-state index in [0.29, 0.717) is 5.56 Å². The Morgan fingerprint density at radius 1 is 1.39 bits per heavy atom. The van der Waals surface area contributed by atoms with Crippen LogP contribution in [-0.2, 0) is 10.0 Å². The van der Waals surface area contributed by atoms with E-state index in [9.17, 15) is 13.2 Å². The minimum atomic E-state index is -3.63. The summed E-state index contributed by atoms with van der Waals surface area (Å²) < 4.78 is 26.6. The van der Waals surface area contributed by atoms with Crippen LogP contribution >= 0.6 is 0 Å². The Bertz CT molecular complexity index is 665. The molecule has 0 aliphatic carbocycles. The van der Waals surface area contributed by atoms with Crippen LogP contribution in [-0.4, -0.2) is 51.9 Å². The lowest BCUT2D eigenvalue weighted by atomic mass is 10.0. The molecule has 0 bridgehead atoms. The predicted molar refractivity (Wildman–Crippen MR) is 89.8 cm³/mol. The maximum Gasteiger partial charge on any atom is 0.251 e. The molecule has 0 spiro atoms. The number of carbonyl (C=O) groups excluding carboxylic acids is 1. The van der Waals surface area contributed by atoms with Crippen molar-refractivity contribution >= 4 is 15.9 Å². The lowest BCUT2D eigenvalue weighted by molar-refractivity contribution is 0.0916. The van der Waals surface area contributed by atoms with Crippen molar-refractivity contribution in [3.63, 3.8) is 0 Å². The lowest BCUT2D eigenvalue weighted by Crippen LogP contribution is -2.43. The molecule has 1 saturated heterocycles. The fourth-order valence-corrected chi connectivity index (χ4v) is 3.52. The molecule has 1 fully saturated rings. The summed E-state index contributed by atoms with van der Waals surface area (Å²) in [4.78, 5) is 14.6. The molecule has 0 saturated carbocycles. The van der Waals surface area contributed by atoms with E-state index in [4.69, 9.17) is 0 Å². The first-order valence-electron chi connectivity index (χ1n) is 7.62. The number of carbonyl (C=O) groups is 1. The first-order valence-corrected chi connectivity index (χ1v) is 9.11. The molecule has 1 amide bonds. The summed E-state index contributed by atoms with van der Waals surface area (Å²) in [5.41, 5.74) is 0.352. The Kier molecular flexibility index (Phi) is 5.92. The number of piperidine rings is 1. The zero-order valence-corrected chi connectivity index (χ0v) is 14.1. The number of likely N-dealkylation sites (tertiary alicyclic amines) is 1. The number of amides is 1. The molecule has 1 aromatic carbocycles. The molecule has 0 aromatic heterocycles. The molecule has 0 unspecified atom stereocenters. The number of hydrogen-bond acceptors (Lipinski definition) is 4. The molecular formula is C16H23N3O3S. The van der Waals surface area contributed by atoms with Gasteiger partial charge in [0.25, 0.3) is 5.91 Å². The Labute approximate surface area is 137 Å². The highest BCUT2D eigenvalue weighted by Crippen LogP contribution is 2.13. The van der Waals surface area contributed by atoms with Crippen molar-refractivity contribution in [2.45, 2.75) is 23.8 Å². The van der Waals surface area contributed by atoms with E-state index < -0.39 is 10.0 Å². The van der Waals surface area contributed by atoms with E-state index in [2.05, 4.69) is 28.6 Å². The molecule has 1 aromatic rings. The van der Waals surface area contributed by atoms with Crippen LogP contribution in [0.2, 0.25) is 0 Å². The standard InChI is InChI=1S/C16H23N3O3S/c1-3-9-17-23(21,22)15-6-4-5-13(12-15)16(20)18-14-7-10-19(2)11-8-14/h3-6,12,14,17H,1,7-11H2,2H3,(H,18,20). The average Bonchev–Trinajstić information content (AvgIpc) is 2.55. The third-order valence-corrected chi connectivity index (χ3v) is 5.30. The van der Waals surface area contributed by atoms with Gasteiger partial charge in [0, 0.05) is 18.2 Å². The largest absolute Gasteiger partial charge is 0.349 e. The van der Waals surface area contributed by atoms with E-state index in [0.717, 1.165) is 25.9 Å². The van der Waals surface area contributed by atoms with Gasteiger partial charge in [0.1, 0.15) is 0 Å². The summed E-state index contributed by atoms with van der Waals surface area (Å²) in [5, 5.41) is 2.98. The molecule has 2 N–H and O–H groups in total. The number of benzene rings is 1. The second-order valence-corrected chi connectivity index (χ2v) is 7.49. The van der Waals surface area contributed by atoms with Crippen molar-refractivity contribution in [2.75, 3.05) is 26.7 Å². The Morgan fingerprint density at radius 3 is 2.74 bits per heavy atom. The Morgan fingerprint density at radius 2 is 2.09 bits per heavy atom. The van der Waals surface area contributed by atoms with Gasteiger partial charge in [0.15, 0.2) is 0 Å². The van der Waals surface area contributed by atoms with Crippen molar-refractivity contribution in [3.05, 3.63) is 42.5 Å². The third kappa shape index (κ3) is 4.89. The summed E-state index contributed by atoms with van der Waals surface area (Å²) in [6.45, 7) is 5.52. The molecule has 0 radical (unpaired) electrons. The van der Waals surface area contributed by atoms with Gasteiger partial charge in [-0.2, -0.15) is 0 Å². The van der Waals surface area contributed by atoms with E-state index in [1.807, 2.05) is 0 Å². The zero-order valence-electron chi connectivity index (χ0n) is 13.3. The number of hydrogen-bond donors (Lipinski definition) is 2. The Hall–Kier alpha value is -1.70. The molecule has 1 aliphatic heterocycles. The quantitative estimate of drug-likeness (QED) is 0.759. The normalized spacial score (nSPS) is 16.9. The maximum absolute atomic E-state index is 12.3. The molecule has 126 valence electrons. The SMILES string of the molecule is C=CCNS(=O)(=O)c1cccc(C(=O)NC2CCN(C)CC2)c1. The lowest BCUT2D eigenvalue weighted by Gasteiger charge is -2.29. The van der Waals surface area contributed by atoms with Crippen molar-refractivity contribution in [2.24, 2.45) is 0 Å². The van der Waals surface area contributed by atoms with Crippen LogP contribution in [0.15, 0.2) is 41.8 Å². The highest BCUT2D eigenvalue weighted by Gasteiger charge is 2.20. The van der Waals surface area contributed by atoms with Gasteiger partial charge in [-0.05, 0) is 51.2 Å². The predicted octanol–water partition coefficient (Wildman–Crippen LogP) is 0.975. The molecule has 6 nitrogen and oxygen atoms in total. The highest BCUT2D eigenvalue weighted by molar-refractivity contribution is 7.89. The fraction of sp³-hybridized carbons (Fsp3) is 0.438. The smallest absolute Gasteiger partial charge is 0.251 e. The van der Waals surface area contributed by atoms with Crippen molar-refractivity contribution in [3.8, 4) is 0 Å². The molecule has 0 atom stereocenters. The van der Waals surface area contributed by atoms with Crippen LogP contribution in [0.25, 0.3) is 0 Å². The fourth-order valence-electron chi connectivity index (χ4n) is 2.48. The molecule has 2 rings (SSSR count). The van der Waals surface area contributed by atoms with Gasteiger partial charge in [0.2, 0.25) is 10.0 Å². The van der Waals surface area contributed by atoms with Crippen LogP contribution in [0.1, 0.15) is 23.2 Å². The van der Waals surface area contributed by atoms with E-state index in [1.54, 1.807) is 12.1 Å². The number of sulfonamides is 1. The summed E-state index contributed by atoms with van der Waals surface area (Å²) >= 11 is 0. The van der Waals surface area contributed by atoms with Crippen LogP contribution in [0.4, 0.5) is 0 Å². The summed E-state index contributed by atoms with van der Waals surface area (Å²) in [5.74, 6) is -0.236. The molecule has 1 aliphatic rings. The highest BCUT2D eigenvalue weighted by atomic mass is 32.2. The number of nitrogens with zero attached hydrogens (tertiary/aromatic N) is 1. The van der Waals surface area contributed by atoms with E-state index in [-0.39, 0.29) is 23.4 Å². The van der Waals surface area contributed by atoms with Crippen LogP contribution in [0.5, 0.6) is 0 Å². The second-order valence-electron chi connectivity index (χ2n) is 5.72. The van der Waals surface area contributed by atoms with Gasteiger partial charge in [-0.3, -0.25) is 4.79 Å². The summed E-state index contributed by atoms with van der Waals surface area (Å²) in [7, 11) is -1.57. The topological polar surface area (TPSA) is 78.5 Å². The Balaban J connectivity index is 2.07. The first kappa shape index (κ1) is 17.7.